The molecule has 0 radical (unpaired) electrons. The van der Waals surface area contributed by atoms with Crippen molar-refractivity contribution in [3.8, 4) is 0 Å². The molecule has 3 aliphatic heterocycles. The summed E-state index contributed by atoms with van der Waals surface area (Å²) < 4.78 is 6.24. The molecule has 0 bridgehead atoms. The highest BCUT2D eigenvalue weighted by molar-refractivity contribution is 5.82. The van der Waals surface area contributed by atoms with Crippen LogP contribution in [0.15, 0.2) is 6.20 Å². The van der Waals surface area contributed by atoms with E-state index in [0.717, 1.165) is 31.0 Å². The van der Waals surface area contributed by atoms with Gasteiger partial charge in [-0.05, 0) is 12.8 Å². The Labute approximate surface area is 130 Å². The van der Waals surface area contributed by atoms with Crippen LogP contribution in [0.25, 0.3) is 0 Å². The lowest BCUT2D eigenvalue weighted by Crippen LogP contribution is -2.50. The van der Waals surface area contributed by atoms with Crippen LogP contribution in [0.5, 0.6) is 0 Å². The fourth-order valence-corrected chi connectivity index (χ4v) is 4.38. The summed E-state index contributed by atoms with van der Waals surface area (Å²) in [5, 5.41) is 0. The topological polar surface area (TPSA) is 61.5 Å². The van der Waals surface area contributed by atoms with Crippen molar-refractivity contribution in [1.82, 2.24) is 19.8 Å². The van der Waals surface area contributed by atoms with Crippen molar-refractivity contribution in [2.45, 2.75) is 58.0 Å². The van der Waals surface area contributed by atoms with Crippen LogP contribution >= 0.6 is 0 Å². The molecule has 4 heterocycles. The van der Waals surface area contributed by atoms with Crippen LogP contribution in [0.1, 0.15) is 38.2 Å². The number of nitrogens with zero attached hydrogens (tertiary/aromatic N) is 3. The van der Waals surface area contributed by atoms with Gasteiger partial charge in [-0.25, -0.2) is 4.98 Å². The zero-order valence-corrected chi connectivity index (χ0v) is 13.5. The summed E-state index contributed by atoms with van der Waals surface area (Å²) in [7, 11) is 0. The predicted octanol–water partition coefficient (Wildman–Crippen LogP) is 1.28. The summed E-state index contributed by atoms with van der Waals surface area (Å²) in [5.74, 6) is 1.66. The summed E-state index contributed by atoms with van der Waals surface area (Å²) in [6.45, 7) is 8.75. The molecule has 4 rings (SSSR count). The van der Waals surface area contributed by atoms with Crippen molar-refractivity contribution < 1.29 is 9.53 Å². The van der Waals surface area contributed by atoms with Crippen LogP contribution in [0.3, 0.4) is 0 Å². The number of hydrogen-bond donors (Lipinski definition) is 1. The van der Waals surface area contributed by atoms with Crippen molar-refractivity contribution in [3.63, 3.8) is 0 Å². The van der Waals surface area contributed by atoms with E-state index in [0.29, 0.717) is 18.9 Å². The first-order valence-corrected chi connectivity index (χ1v) is 8.22. The molecule has 0 unspecified atom stereocenters. The first-order chi connectivity index (χ1) is 10.5. The molecule has 3 saturated heterocycles. The second-order valence-corrected chi connectivity index (χ2v) is 7.18. The van der Waals surface area contributed by atoms with Crippen LogP contribution in [0, 0.1) is 12.8 Å². The van der Waals surface area contributed by atoms with Gasteiger partial charge in [-0.1, -0.05) is 13.8 Å². The van der Waals surface area contributed by atoms with Gasteiger partial charge in [-0.15, -0.1) is 0 Å². The average Bonchev–Trinajstić information content (AvgIpc) is 3.16. The van der Waals surface area contributed by atoms with Gasteiger partial charge in [0.2, 0.25) is 5.91 Å². The second kappa shape index (κ2) is 4.80. The number of imidazole rings is 1. The molecule has 1 N–H and O–H groups in total. The van der Waals surface area contributed by atoms with Gasteiger partial charge in [0.25, 0.3) is 0 Å². The van der Waals surface area contributed by atoms with Crippen LogP contribution < -0.4 is 0 Å². The van der Waals surface area contributed by atoms with Gasteiger partial charge in [0.1, 0.15) is 5.82 Å². The highest BCUT2D eigenvalue weighted by Gasteiger charge is 2.64. The summed E-state index contributed by atoms with van der Waals surface area (Å²) in [4.78, 5) is 24.7. The Bertz CT molecular complexity index is 599. The van der Waals surface area contributed by atoms with Gasteiger partial charge in [0.05, 0.1) is 25.2 Å². The number of ether oxygens (including phenoxy) is 1. The van der Waals surface area contributed by atoms with Gasteiger partial charge < -0.3 is 14.6 Å². The zero-order chi connectivity index (χ0) is 15.5. The zero-order valence-electron chi connectivity index (χ0n) is 13.5. The summed E-state index contributed by atoms with van der Waals surface area (Å²) in [6.07, 6.45) is 3.34. The Morgan fingerprint density at radius 1 is 1.55 bits per heavy atom. The first-order valence-electron chi connectivity index (χ1n) is 8.22. The SMILES string of the molecule is Cc1cnc(CN2CC[C@@]34OC[C@@H](C(C)C)N3C(=O)C[C@@H]24)[nH]1. The number of aromatic amines is 1. The number of aromatic nitrogens is 2. The lowest BCUT2D eigenvalue weighted by Gasteiger charge is -2.34. The highest BCUT2D eigenvalue weighted by atomic mass is 16.5. The minimum Gasteiger partial charge on any atom is -0.352 e. The number of rotatable bonds is 3. The van der Waals surface area contributed by atoms with E-state index < -0.39 is 0 Å². The summed E-state index contributed by atoms with van der Waals surface area (Å²) >= 11 is 0. The number of aryl methyl sites for hydroxylation is 1. The molecule has 1 amide bonds. The van der Waals surface area contributed by atoms with Crippen molar-refractivity contribution in [3.05, 3.63) is 17.7 Å². The Morgan fingerprint density at radius 2 is 2.36 bits per heavy atom. The monoisotopic (exact) mass is 304 g/mol. The van der Waals surface area contributed by atoms with Gasteiger partial charge in [0, 0.05) is 31.3 Å². The maximum Gasteiger partial charge on any atom is 0.226 e. The summed E-state index contributed by atoms with van der Waals surface area (Å²) in [6, 6.07) is 0.387. The molecule has 1 aromatic rings. The minimum atomic E-state index is -0.381. The maximum absolute atomic E-state index is 12.6. The standard InChI is InChI=1S/C16H24N4O2/c1-10(2)12-9-22-16-4-5-19(8-14-17-7-11(3)18-14)13(16)6-15(21)20(12)16/h7,10,12-13H,4-6,8-9H2,1-3H3,(H,17,18)/t12-,13+,16-/m0/s1. The van der Waals surface area contributed by atoms with E-state index in [2.05, 4.69) is 33.6 Å². The van der Waals surface area contributed by atoms with Crippen LogP contribution in [-0.4, -0.2) is 56.6 Å². The van der Waals surface area contributed by atoms with Crippen molar-refractivity contribution in [2.75, 3.05) is 13.2 Å². The van der Waals surface area contributed by atoms with Gasteiger partial charge >= 0.3 is 0 Å². The predicted molar refractivity (Wildman–Crippen MR) is 80.9 cm³/mol. The molecule has 1 spiro atoms. The molecule has 6 nitrogen and oxygen atoms in total. The molecule has 3 fully saturated rings. The average molecular weight is 304 g/mol. The minimum absolute atomic E-state index is 0.161. The van der Waals surface area contributed by atoms with Crippen molar-refractivity contribution in [2.24, 2.45) is 5.92 Å². The largest absolute Gasteiger partial charge is 0.352 e. The number of likely N-dealkylation sites (tertiary alicyclic amines) is 1. The Hall–Kier alpha value is -1.40. The van der Waals surface area contributed by atoms with E-state index in [4.69, 9.17) is 4.74 Å². The lowest BCUT2D eigenvalue weighted by atomic mass is 10.0. The number of amides is 1. The number of carbonyl (C=O) groups is 1. The van der Waals surface area contributed by atoms with Gasteiger partial charge in [-0.3, -0.25) is 9.69 Å². The molecular formula is C16H24N4O2. The molecule has 0 saturated carbocycles. The second-order valence-electron chi connectivity index (χ2n) is 7.18. The van der Waals surface area contributed by atoms with E-state index in [9.17, 15) is 4.79 Å². The third-order valence-electron chi connectivity index (χ3n) is 5.48. The van der Waals surface area contributed by atoms with Crippen molar-refractivity contribution in [1.29, 1.82) is 0 Å². The Kier molecular flexibility index (Phi) is 3.10. The van der Waals surface area contributed by atoms with E-state index in [1.54, 1.807) is 0 Å². The molecule has 3 atom stereocenters. The van der Waals surface area contributed by atoms with E-state index in [1.807, 2.05) is 13.1 Å². The highest BCUT2D eigenvalue weighted by Crippen LogP contribution is 2.49. The molecule has 22 heavy (non-hydrogen) atoms. The number of hydrogen-bond acceptors (Lipinski definition) is 4. The molecular weight excluding hydrogens is 280 g/mol. The first kappa shape index (κ1) is 14.2. The van der Waals surface area contributed by atoms with E-state index >= 15 is 0 Å². The molecule has 3 aliphatic rings. The van der Waals surface area contributed by atoms with Crippen molar-refractivity contribution >= 4 is 5.91 Å². The number of H-pyrrole nitrogens is 1. The normalized spacial score (nSPS) is 34.7. The fraction of sp³-hybridized carbons (Fsp3) is 0.750. The quantitative estimate of drug-likeness (QED) is 0.914. The molecule has 0 aromatic carbocycles. The summed E-state index contributed by atoms with van der Waals surface area (Å²) in [5.41, 5.74) is 0.693. The number of nitrogens with one attached hydrogen (secondary N) is 1. The number of carbonyl (C=O) groups excluding carboxylic acids is 1. The lowest BCUT2D eigenvalue weighted by molar-refractivity contribution is -0.139. The Morgan fingerprint density at radius 3 is 3.05 bits per heavy atom. The van der Waals surface area contributed by atoms with Crippen LogP contribution in [0.4, 0.5) is 0 Å². The van der Waals surface area contributed by atoms with Gasteiger partial charge in [0.15, 0.2) is 5.72 Å². The third-order valence-corrected chi connectivity index (χ3v) is 5.48. The molecule has 0 aliphatic carbocycles. The van der Waals surface area contributed by atoms with Gasteiger partial charge in [-0.2, -0.15) is 0 Å². The molecule has 6 heteroatoms. The Balaban J connectivity index is 1.58. The maximum atomic E-state index is 12.6. The van der Waals surface area contributed by atoms with Crippen LogP contribution in [-0.2, 0) is 16.1 Å². The van der Waals surface area contributed by atoms with E-state index in [-0.39, 0.29) is 23.7 Å². The fourth-order valence-electron chi connectivity index (χ4n) is 4.38. The van der Waals surface area contributed by atoms with E-state index in [1.165, 1.54) is 0 Å². The van der Waals surface area contributed by atoms with Crippen LogP contribution in [0.2, 0.25) is 0 Å². The third kappa shape index (κ3) is 1.86. The molecule has 120 valence electrons. The smallest absolute Gasteiger partial charge is 0.226 e. The molecule has 1 aromatic heterocycles.